The van der Waals surface area contributed by atoms with E-state index in [9.17, 15) is 9.90 Å². The number of Topliss-reactive ketones (excluding diaryl/α,β-unsaturated/α-hetero) is 1. The summed E-state index contributed by atoms with van der Waals surface area (Å²) in [4.78, 5) is 13.4. The highest BCUT2D eigenvalue weighted by Gasteiger charge is 2.28. The molecule has 0 aliphatic heterocycles. The molecule has 1 heterocycles. The van der Waals surface area contributed by atoms with Gasteiger partial charge in [0.25, 0.3) is 0 Å². The Bertz CT molecular complexity index is 1160. The van der Waals surface area contributed by atoms with Crippen LogP contribution >= 0.6 is 16.1 Å². The lowest BCUT2D eigenvalue weighted by molar-refractivity contribution is 0.0970. The van der Waals surface area contributed by atoms with Gasteiger partial charge < -0.3 is 14.2 Å². The van der Waals surface area contributed by atoms with Crippen LogP contribution in [0.2, 0.25) is 0 Å². The van der Waals surface area contributed by atoms with Crippen molar-refractivity contribution >= 4 is 21.9 Å². The highest BCUT2D eigenvalue weighted by Crippen LogP contribution is 2.39. The Morgan fingerprint density at radius 1 is 0.939 bits per heavy atom. The van der Waals surface area contributed by atoms with Crippen LogP contribution in [0.25, 0.3) is 0 Å². The molecule has 33 heavy (non-hydrogen) atoms. The van der Waals surface area contributed by atoms with Crippen LogP contribution in [0.5, 0.6) is 5.75 Å². The fourth-order valence-electron chi connectivity index (χ4n) is 3.93. The van der Waals surface area contributed by atoms with Crippen molar-refractivity contribution in [3.05, 3.63) is 82.7 Å². The smallest absolute Gasteiger partial charge is 0.217 e. The summed E-state index contributed by atoms with van der Waals surface area (Å²) in [6.45, 7) is 13.2. The van der Waals surface area contributed by atoms with E-state index >= 15 is 0 Å². The topological polar surface area (TPSA) is 59.5 Å². The first kappa shape index (κ1) is 25.0. The monoisotopic (exact) mass is 511 g/mol. The Morgan fingerprint density at radius 3 is 2.00 bits per heavy atom. The number of aromatic hydroxyl groups is 1. The van der Waals surface area contributed by atoms with Gasteiger partial charge in [0.2, 0.25) is 5.62 Å². The molecule has 176 valence electrons. The number of aromatic nitrogens is 2. The van der Waals surface area contributed by atoms with Crippen molar-refractivity contribution in [3.8, 4) is 5.75 Å². The van der Waals surface area contributed by atoms with Crippen molar-refractivity contribution in [2.45, 2.75) is 71.9 Å². The van der Waals surface area contributed by atoms with Crippen molar-refractivity contribution in [1.29, 1.82) is 0 Å². The van der Waals surface area contributed by atoms with Crippen LogP contribution in [-0.2, 0) is 30.3 Å². The highest BCUT2D eigenvalue weighted by atomic mass is 79.9. The Morgan fingerprint density at radius 2 is 1.48 bits per heavy atom. The van der Waals surface area contributed by atoms with Crippen LogP contribution in [0.4, 0.5) is 0 Å². The first-order chi connectivity index (χ1) is 15.4. The second kappa shape index (κ2) is 9.72. The maximum absolute atomic E-state index is 13.4. The summed E-state index contributed by atoms with van der Waals surface area (Å²) in [5.41, 5.74) is 3.54. The van der Waals surface area contributed by atoms with E-state index in [4.69, 9.17) is 0 Å². The summed E-state index contributed by atoms with van der Waals surface area (Å²) >= 11 is 3.23. The van der Waals surface area contributed by atoms with Gasteiger partial charge in [-0.05, 0) is 34.9 Å². The van der Waals surface area contributed by atoms with Gasteiger partial charge in [-0.2, -0.15) is 4.02 Å². The number of imidazole rings is 1. The average Bonchev–Trinajstić information content (AvgIpc) is 3.12. The normalized spacial score (nSPS) is 12.9. The van der Waals surface area contributed by atoms with Crippen molar-refractivity contribution in [2.24, 2.45) is 4.02 Å². The number of hydrogen-bond donors (Lipinski definition) is 1. The second-order valence-electron chi connectivity index (χ2n) is 10.6. The Kier molecular flexibility index (Phi) is 7.37. The number of carbonyl (C=O) groups is 1. The molecule has 1 aromatic heterocycles. The Balaban J connectivity index is 1.91. The van der Waals surface area contributed by atoms with Gasteiger partial charge in [0.1, 0.15) is 5.75 Å². The number of carbonyl (C=O) groups excluding carboxylic acids is 1. The SMILES string of the molecule is CC(C)(C)c1cc(C(=O)Cn2ccn(CCc3ccccc3)/c2=N/Br)cc(C(C)(C)C)c1O. The third-order valence-corrected chi connectivity index (χ3v) is 6.18. The molecule has 0 unspecified atom stereocenters. The van der Waals surface area contributed by atoms with E-state index in [-0.39, 0.29) is 28.9 Å². The number of benzene rings is 2. The number of phenolic OH excluding ortho intramolecular Hbond substituents is 1. The minimum absolute atomic E-state index is 0.0193. The summed E-state index contributed by atoms with van der Waals surface area (Å²) in [6, 6.07) is 14.0. The summed E-state index contributed by atoms with van der Waals surface area (Å²) in [5.74, 6) is 0.261. The van der Waals surface area contributed by atoms with Gasteiger partial charge >= 0.3 is 0 Å². The largest absolute Gasteiger partial charge is 0.507 e. The van der Waals surface area contributed by atoms with E-state index < -0.39 is 0 Å². The van der Waals surface area contributed by atoms with Gasteiger partial charge in [-0.15, -0.1) is 0 Å². The maximum atomic E-state index is 13.4. The van der Waals surface area contributed by atoms with Gasteiger partial charge in [-0.25, -0.2) is 0 Å². The molecule has 0 aliphatic rings. The third kappa shape index (κ3) is 5.85. The van der Waals surface area contributed by atoms with E-state index in [0.717, 1.165) is 24.1 Å². The van der Waals surface area contributed by atoms with E-state index in [1.165, 1.54) is 5.56 Å². The molecule has 0 saturated heterocycles. The molecule has 2 aromatic carbocycles. The van der Waals surface area contributed by atoms with Crippen LogP contribution in [-0.4, -0.2) is 20.0 Å². The summed E-state index contributed by atoms with van der Waals surface area (Å²) in [5, 5.41) is 11.0. The molecule has 0 bridgehead atoms. The van der Waals surface area contributed by atoms with Crippen LogP contribution < -0.4 is 5.62 Å². The van der Waals surface area contributed by atoms with E-state index in [1.807, 2.05) is 93.4 Å². The van der Waals surface area contributed by atoms with Crippen LogP contribution in [0.3, 0.4) is 0 Å². The molecule has 6 heteroatoms. The highest BCUT2D eigenvalue weighted by molar-refractivity contribution is 9.08. The molecular weight excluding hydrogens is 478 g/mol. The number of phenols is 1. The molecule has 0 saturated carbocycles. The minimum Gasteiger partial charge on any atom is -0.507 e. The predicted molar refractivity (Wildman–Crippen MR) is 137 cm³/mol. The van der Waals surface area contributed by atoms with Crippen molar-refractivity contribution in [2.75, 3.05) is 0 Å². The molecule has 0 spiro atoms. The number of nitrogens with zero attached hydrogens (tertiary/aromatic N) is 3. The van der Waals surface area contributed by atoms with Crippen LogP contribution in [0.1, 0.15) is 68.6 Å². The minimum atomic E-state index is -0.287. The zero-order valence-corrected chi connectivity index (χ0v) is 22.0. The number of halogens is 1. The summed E-state index contributed by atoms with van der Waals surface area (Å²) < 4.78 is 8.15. The lowest BCUT2D eigenvalue weighted by Crippen LogP contribution is -2.28. The van der Waals surface area contributed by atoms with Crippen molar-refractivity contribution in [1.82, 2.24) is 9.13 Å². The fraction of sp³-hybridized carbons (Fsp3) is 0.407. The molecule has 0 radical (unpaired) electrons. The number of aryl methyl sites for hydroxylation is 2. The predicted octanol–water partition coefficient (Wildman–Crippen LogP) is 5.93. The van der Waals surface area contributed by atoms with Gasteiger partial charge in [0.05, 0.1) is 22.7 Å². The third-order valence-electron chi connectivity index (χ3n) is 5.86. The molecule has 0 fully saturated rings. The Labute approximate surface area is 205 Å². The standard InChI is InChI=1S/C27H34BrN3O2/c1-26(2,3)21-16-20(17-22(24(21)33)27(4,5)6)23(32)18-31-15-14-30(25(31)29-28)13-12-19-10-8-7-9-11-19/h7-11,14-17,33H,12-13,18H2,1-6H3/b29-25-. The van der Waals surface area contributed by atoms with Crippen LogP contribution in [0.15, 0.2) is 58.9 Å². The van der Waals surface area contributed by atoms with Gasteiger partial charge in [-0.1, -0.05) is 71.9 Å². The lowest BCUT2D eigenvalue weighted by Gasteiger charge is -2.28. The zero-order valence-electron chi connectivity index (χ0n) is 20.4. The quantitative estimate of drug-likeness (QED) is 0.417. The van der Waals surface area contributed by atoms with E-state index in [0.29, 0.717) is 11.2 Å². The average molecular weight is 512 g/mol. The van der Waals surface area contributed by atoms with Crippen LogP contribution in [0, 0.1) is 0 Å². The first-order valence-corrected chi connectivity index (χ1v) is 12.0. The number of hydrogen-bond acceptors (Lipinski definition) is 3. The fourth-order valence-corrected chi connectivity index (χ4v) is 4.34. The molecule has 0 atom stereocenters. The maximum Gasteiger partial charge on any atom is 0.217 e. The Hall–Kier alpha value is -2.60. The number of ketones is 1. The van der Waals surface area contributed by atoms with E-state index in [2.05, 4.69) is 32.3 Å². The van der Waals surface area contributed by atoms with Gasteiger partial charge in [-0.3, -0.25) is 4.79 Å². The summed E-state index contributed by atoms with van der Waals surface area (Å²) in [6.07, 6.45) is 4.72. The first-order valence-electron chi connectivity index (χ1n) is 11.3. The number of rotatable bonds is 6. The van der Waals surface area contributed by atoms with Gasteiger partial charge in [0, 0.05) is 35.6 Å². The zero-order chi connectivity index (χ0) is 24.4. The van der Waals surface area contributed by atoms with E-state index in [1.54, 1.807) is 0 Å². The second-order valence-corrected chi connectivity index (χ2v) is 10.9. The van der Waals surface area contributed by atoms with Crippen molar-refractivity contribution < 1.29 is 9.90 Å². The molecule has 0 amide bonds. The molecular formula is C27H34BrN3O2. The lowest BCUT2D eigenvalue weighted by atomic mass is 9.78. The molecule has 3 aromatic rings. The van der Waals surface area contributed by atoms with Crippen molar-refractivity contribution in [3.63, 3.8) is 0 Å². The van der Waals surface area contributed by atoms with Gasteiger partial charge in [0.15, 0.2) is 5.78 Å². The molecule has 5 nitrogen and oxygen atoms in total. The molecule has 1 N–H and O–H groups in total. The summed E-state index contributed by atoms with van der Waals surface area (Å²) in [7, 11) is 0. The molecule has 0 aliphatic carbocycles. The molecule has 3 rings (SSSR count).